The molecule has 2 atom stereocenters. The highest BCUT2D eigenvalue weighted by atomic mass is 16.5. The number of benzene rings is 1. The highest BCUT2D eigenvalue weighted by Gasteiger charge is 2.31. The van der Waals surface area contributed by atoms with E-state index in [1.54, 1.807) is 0 Å². The lowest BCUT2D eigenvalue weighted by atomic mass is 10.1. The van der Waals surface area contributed by atoms with Crippen LogP contribution in [0.3, 0.4) is 0 Å². The molecule has 1 fully saturated rings. The molecule has 25 heavy (non-hydrogen) atoms. The summed E-state index contributed by atoms with van der Waals surface area (Å²) in [5.74, 6) is -0.0387. The summed E-state index contributed by atoms with van der Waals surface area (Å²) in [7, 11) is 0. The topological polar surface area (TPSA) is 92.0 Å². The summed E-state index contributed by atoms with van der Waals surface area (Å²) in [6.45, 7) is 4.97. The van der Waals surface area contributed by atoms with Crippen molar-refractivity contribution in [3.05, 3.63) is 30.0 Å². The SMILES string of the molecule is CCOc1cccc2cc(C(C)NC(=O)N3CCC(C(=O)O)C3)oc12. The molecule has 1 aliphatic rings. The van der Waals surface area contributed by atoms with Crippen molar-refractivity contribution in [3.8, 4) is 5.75 Å². The molecule has 134 valence electrons. The molecule has 1 saturated heterocycles. The van der Waals surface area contributed by atoms with Gasteiger partial charge in [-0.25, -0.2) is 4.79 Å². The number of carboxylic acid groups (broad SMARTS) is 1. The summed E-state index contributed by atoms with van der Waals surface area (Å²) in [5, 5.41) is 12.8. The molecule has 0 bridgehead atoms. The van der Waals surface area contributed by atoms with Crippen molar-refractivity contribution >= 4 is 23.0 Å². The lowest BCUT2D eigenvalue weighted by Crippen LogP contribution is -2.40. The maximum atomic E-state index is 12.3. The minimum Gasteiger partial charge on any atom is -0.490 e. The molecule has 7 heteroatoms. The molecule has 7 nitrogen and oxygen atoms in total. The van der Waals surface area contributed by atoms with Gasteiger partial charge in [0, 0.05) is 18.5 Å². The Kier molecular flexibility index (Phi) is 4.83. The predicted molar refractivity (Wildman–Crippen MR) is 91.6 cm³/mol. The Bertz CT molecular complexity index is 785. The van der Waals surface area contributed by atoms with Crippen LogP contribution in [0.2, 0.25) is 0 Å². The number of carboxylic acids is 1. The van der Waals surface area contributed by atoms with Crippen molar-refractivity contribution in [2.75, 3.05) is 19.7 Å². The third-order valence-electron chi connectivity index (χ3n) is 4.42. The zero-order valence-corrected chi connectivity index (χ0v) is 14.3. The van der Waals surface area contributed by atoms with Gasteiger partial charge in [-0.1, -0.05) is 12.1 Å². The number of nitrogens with one attached hydrogen (secondary N) is 1. The fraction of sp³-hybridized carbons (Fsp3) is 0.444. The van der Waals surface area contributed by atoms with E-state index in [1.807, 2.05) is 38.1 Å². The molecule has 1 aromatic heterocycles. The van der Waals surface area contributed by atoms with Crippen molar-refractivity contribution in [2.24, 2.45) is 5.92 Å². The van der Waals surface area contributed by atoms with Crippen LogP contribution in [0.15, 0.2) is 28.7 Å². The summed E-state index contributed by atoms with van der Waals surface area (Å²) in [6.07, 6.45) is 0.486. The van der Waals surface area contributed by atoms with Gasteiger partial charge in [0.2, 0.25) is 0 Å². The maximum Gasteiger partial charge on any atom is 0.318 e. The fourth-order valence-electron chi connectivity index (χ4n) is 3.03. The normalized spacial score (nSPS) is 18.3. The predicted octanol–water partition coefficient (Wildman–Crippen LogP) is 3.01. The number of carbonyl (C=O) groups is 2. The van der Waals surface area contributed by atoms with Crippen LogP contribution in [0.25, 0.3) is 11.0 Å². The second-order valence-corrected chi connectivity index (χ2v) is 6.20. The molecular weight excluding hydrogens is 324 g/mol. The van der Waals surface area contributed by atoms with Gasteiger partial charge in [-0.05, 0) is 32.4 Å². The number of rotatable bonds is 5. The molecule has 1 aromatic carbocycles. The van der Waals surface area contributed by atoms with Gasteiger partial charge in [0.05, 0.1) is 18.6 Å². The molecule has 0 spiro atoms. The molecule has 0 aliphatic carbocycles. The largest absolute Gasteiger partial charge is 0.490 e. The van der Waals surface area contributed by atoms with Crippen LogP contribution in [-0.4, -0.2) is 41.7 Å². The molecule has 2 amide bonds. The second kappa shape index (κ2) is 7.04. The van der Waals surface area contributed by atoms with Gasteiger partial charge in [0.15, 0.2) is 11.3 Å². The first kappa shape index (κ1) is 17.1. The van der Waals surface area contributed by atoms with Crippen molar-refractivity contribution in [1.82, 2.24) is 10.2 Å². The van der Waals surface area contributed by atoms with Crippen molar-refractivity contribution in [3.63, 3.8) is 0 Å². The van der Waals surface area contributed by atoms with Crippen LogP contribution >= 0.6 is 0 Å². The first-order chi connectivity index (χ1) is 12.0. The lowest BCUT2D eigenvalue weighted by molar-refractivity contribution is -0.141. The lowest BCUT2D eigenvalue weighted by Gasteiger charge is -2.19. The first-order valence-corrected chi connectivity index (χ1v) is 8.43. The number of para-hydroxylation sites is 1. The van der Waals surface area contributed by atoms with E-state index in [0.717, 1.165) is 5.39 Å². The number of fused-ring (bicyclic) bond motifs is 1. The Labute approximate surface area is 145 Å². The van der Waals surface area contributed by atoms with Crippen LogP contribution in [-0.2, 0) is 4.79 Å². The summed E-state index contributed by atoms with van der Waals surface area (Å²) in [4.78, 5) is 24.9. The third-order valence-corrected chi connectivity index (χ3v) is 4.42. The highest BCUT2D eigenvalue weighted by molar-refractivity contribution is 5.84. The molecule has 0 radical (unpaired) electrons. The van der Waals surface area contributed by atoms with E-state index in [0.29, 0.717) is 36.7 Å². The second-order valence-electron chi connectivity index (χ2n) is 6.20. The molecule has 0 saturated carbocycles. The molecule has 2 aromatic rings. The van der Waals surface area contributed by atoms with E-state index in [9.17, 15) is 9.59 Å². The Hall–Kier alpha value is -2.70. The summed E-state index contributed by atoms with van der Waals surface area (Å²) in [5.41, 5.74) is 0.660. The maximum absolute atomic E-state index is 12.3. The average molecular weight is 346 g/mol. The van der Waals surface area contributed by atoms with Crippen LogP contribution in [0.5, 0.6) is 5.75 Å². The smallest absolute Gasteiger partial charge is 0.318 e. The molecule has 2 N–H and O–H groups in total. The monoisotopic (exact) mass is 346 g/mol. The standard InChI is InChI=1S/C18H22N2O5/c1-3-24-14-6-4-5-12-9-15(25-16(12)14)11(2)19-18(23)20-8-7-13(10-20)17(21)22/h4-6,9,11,13H,3,7-8,10H2,1-2H3,(H,19,23)(H,21,22). The Morgan fingerprint density at radius 3 is 2.96 bits per heavy atom. The van der Waals surface area contributed by atoms with Gasteiger partial charge in [-0.2, -0.15) is 0 Å². The zero-order valence-electron chi connectivity index (χ0n) is 14.3. The zero-order chi connectivity index (χ0) is 18.0. The van der Waals surface area contributed by atoms with Crippen molar-refractivity contribution in [2.45, 2.75) is 26.3 Å². The Morgan fingerprint density at radius 1 is 1.48 bits per heavy atom. The van der Waals surface area contributed by atoms with Gasteiger partial charge in [0.1, 0.15) is 5.76 Å². The van der Waals surface area contributed by atoms with E-state index >= 15 is 0 Å². The number of urea groups is 1. The summed E-state index contributed by atoms with van der Waals surface area (Å²) < 4.78 is 11.4. The van der Waals surface area contributed by atoms with Gasteiger partial charge in [-0.15, -0.1) is 0 Å². The van der Waals surface area contributed by atoms with Gasteiger partial charge in [0.25, 0.3) is 0 Å². The number of hydrogen-bond donors (Lipinski definition) is 2. The van der Waals surface area contributed by atoms with Crippen molar-refractivity contribution < 1.29 is 23.8 Å². The van der Waals surface area contributed by atoms with E-state index in [4.69, 9.17) is 14.3 Å². The number of furan rings is 1. The molecular formula is C18H22N2O5. The van der Waals surface area contributed by atoms with Gasteiger partial charge < -0.3 is 24.5 Å². The highest BCUT2D eigenvalue weighted by Crippen LogP contribution is 2.31. The number of hydrogen-bond acceptors (Lipinski definition) is 4. The number of likely N-dealkylation sites (tertiary alicyclic amines) is 1. The number of ether oxygens (including phenoxy) is 1. The molecule has 3 rings (SSSR count). The average Bonchev–Trinajstić information content (AvgIpc) is 3.23. The van der Waals surface area contributed by atoms with E-state index < -0.39 is 11.9 Å². The van der Waals surface area contributed by atoms with E-state index in [2.05, 4.69) is 5.32 Å². The molecule has 2 unspecified atom stereocenters. The number of carbonyl (C=O) groups excluding carboxylic acids is 1. The Balaban J connectivity index is 1.70. The molecule has 2 heterocycles. The van der Waals surface area contributed by atoms with E-state index in [1.165, 1.54) is 4.90 Å². The number of aliphatic carboxylic acids is 1. The van der Waals surface area contributed by atoms with Gasteiger partial charge in [-0.3, -0.25) is 4.79 Å². The third kappa shape index (κ3) is 3.55. The quantitative estimate of drug-likeness (QED) is 0.868. The number of amides is 2. The van der Waals surface area contributed by atoms with Gasteiger partial charge >= 0.3 is 12.0 Å². The summed E-state index contributed by atoms with van der Waals surface area (Å²) in [6, 6.07) is 6.94. The molecule has 1 aliphatic heterocycles. The fourth-order valence-corrected chi connectivity index (χ4v) is 3.03. The van der Waals surface area contributed by atoms with Crippen LogP contribution in [0.4, 0.5) is 4.79 Å². The van der Waals surface area contributed by atoms with Crippen LogP contribution in [0.1, 0.15) is 32.1 Å². The first-order valence-electron chi connectivity index (χ1n) is 8.43. The van der Waals surface area contributed by atoms with Crippen LogP contribution in [0, 0.1) is 5.92 Å². The van der Waals surface area contributed by atoms with E-state index in [-0.39, 0.29) is 18.6 Å². The summed E-state index contributed by atoms with van der Waals surface area (Å²) >= 11 is 0. The minimum atomic E-state index is -0.857. The minimum absolute atomic E-state index is 0.239. The van der Waals surface area contributed by atoms with Crippen LogP contribution < -0.4 is 10.1 Å². The number of nitrogens with zero attached hydrogens (tertiary/aromatic N) is 1. The Morgan fingerprint density at radius 2 is 2.28 bits per heavy atom. The van der Waals surface area contributed by atoms with Crippen molar-refractivity contribution in [1.29, 1.82) is 0 Å².